The molecular weight excluding hydrogens is 218 g/mol. The van der Waals surface area contributed by atoms with Gasteiger partial charge < -0.3 is 4.98 Å². The molecule has 18 heavy (non-hydrogen) atoms. The molecule has 2 rings (SSSR count). The van der Waals surface area contributed by atoms with Crippen LogP contribution in [0.3, 0.4) is 0 Å². The number of hydrogen-bond donors (Lipinski definition) is 1. The minimum absolute atomic E-state index is 0.688. The maximum Gasteiger partial charge on any atom is 0.0234 e. The van der Waals surface area contributed by atoms with Gasteiger partial charge in [0.25, 0.3) is 0 Å². The first kappa shape index (κ1) is 13.2. The minimum Gasteiger partial charge on any atom is -0.361 e. The summed E-state index contributed by atoms with van der Waals surface area (Å²) >= 11 is 0. The van der Waals surface area contributed by atoms with Gasteiger partial charge in [-0.1, -0.05) is 13.8 Å². The highest BCUT2D eigenvalue weighted by Crippen LogP contribution is 2.34. The molecule has 1 heteroatoms. The molecule has 0 aliphatic heterocycles. The second kappa shape index (κ2) is 4.46. The van der Waals surface area contributed by atoms with Crippen LogP contribution in [0.25, 0.3) is 10.8 Å². The van der Waals surface area contributed by atoms with E-state index >= 15 is 0 Å². The summed E-state index contributed by atoms with van der Waals surface area (Å²) in [5, 5.41) is 2.92. The largest absolute Gasteiger partial charge is 0.361 e. The molecule has 0 fully saturated rings. The molecule has 1 N–H and O–H groups in total. The first-order valence-electron chi connectivity index (χ1n) is 6.92. The zero-order valence-corrected chi connectivity index (χ0v) is 12.8. The van der Waals surface area contributed by atoms with Crippen molar-refractivity contribution in [2.75, 3.05) is 0 Å². The van der Waals surface area contributed by atoms with Crippen LogP contribution in [0.2, 0.25) is 0 Å². The molecule has 1 heterocycles. The van der Waals surface area contributed by atoms with Gasteiger partial charge in [-0.25, -0.2) is 0 Å². The second-order valence-electron chi connectivity index (χ2n) is 6.08. The highest BCUT2D eigenvalue weighted by atomic mass is 14.7. The van der Waals surface area contributed by atoms with Crippen LogP contribution in [0, 0.1) is 40.5 Å². The lowest BCUT2D eigenvalue weighted by Crippen LogP contribution is -1.97. The maximum atomic E-state index is 3.62. The number of benzene rings is 1. The Bertz CT molecular complexity index is 600. The maximum absolute atomic E-state index is 3.62. The molecule has 0 unspecified atom stereocenters. The van der Waals surface area contributed by atoms with E-state index in [0.717, 1.165) is 6.42 Å². The molecule has 0 aliphatic rings. The van der Waals surface area contributed by atoms with Crippen LogP contribution in [-0.4, -0.2) is 4.98 Å². The van der Waals surface area contributed by atoms with E-state index in [1.54, 1.807) is 0 Å². The summed E-state index contributed by atoms with van der Waals surface area (Å²) in [6, 6.07) is 0. The van der Waals surface area contributed by atoms with Crippen LogP contribution in [0.5, 0.6) is 0 Å². The monoisotopic (exact) mass is 243 g/mol. The van der Waals surface area contributed by atoms with Crippen molar-refractivity contribution >= 4 is 10.8 Å². The van der Waals surface area contributed by atoms with Crippen molar-refractivity contribution in [1.82, 2.24) is 4.98 Å². The number of H-pyrrole nitrogens is 1. The summed E-state index contributed by atoms with van der Waals surface area (Å²) < 4.78 is 0. The summed E-state index contributed by atoms with van der Waals surface area (Å²) in [6.07, 6.45) is 1.13. The van der Waals surface area contributed by atoms with Crippen molar-refractivity contribution in [2.24, 2.45) is 5.92 Å². The average molecular weight is 243 g/mol. The zero-order chi connectivity index (χ0) is 13.6. The Labute approximate surface area is 111 Å². The number of aryl methyl sites for hydroxylation is 3. The number of hydrogen-bond acceptors (Lipinski definition) is 0. The third-order valence-corrected chi connectivity index (χ3v) is 4.32. The number of fused-ring (bicyclic) bond motifs is 1. The van der Waals surface area contributed by atoms with Crippen LogP contribution >= 0.6 is 0 Å². The minimum atomic E-state index is 0.688. The predicted molar refractivity (Wildman–Crippen MR) is 80.5 cm³/mol. The third kappa shape index (κ3) is 1.86. The Kier molecular flexibility index (Phi) is 3.27. The number of aromatic nitrogens is 1. The average Bonchev–Trinajstić information content (AvgIpc) is 2.59. The molecule has 1 aromatic carbocycles. The topological polar surface area (TPSA) is 15.8 Å². The molecule has 1 aromatic heterocycles. The first-order chi connectivity index (χ1) is 8.34. The van der Waals surface area contributed by atoms with Crippen LogP contribution in [-0.2, 0) is 6.42 Å². The van der Waals surface area contributed by atoms with Gasteiger partial charge in [-0.3, -0.25) is 0 Å². The smallest absolute Gasteiger partial charge is 0.0234 e. The zero-order valence-electron chi connectivity index (χ0n) is 12.8. The van der Waals surface area contributed by atoms with E-state index in [2.05, 4.69) is 53.5 Å². The third-order valence-electron chi connectivity index (χ3n) is 4.32. The highest BCUT2D eigenvalue weighted by molar-refractivity contribution is 5.95. The fourth-order valence-electron chi connectivity index (χ4n) is 3.07. The van der Waals surface area contributed by atoms with Gasteiger partial charge in [0.15, 0.2) is 0 Å². The van der Waals surface area contributed by atoms with Gasteiger partial charge in [-0.15, -0.1) is 0 Å². The molecule has 0 aliphatic carbocycles. The molecule has 0 bridgehead atoms. The first-order valence-corrected chi connectivity index (χ1v) is 6.92. The summed E-state index contributed by atoms with van der Waals surface area (Å²) in [7, 11) is 0. The van der Waals surface area contributed by atoms with Crippen molar-refractivity contribution in [1.29, 1.82) is 0 Å². The Balaban J connectivity index is 2.86. The molecule has 0 amide bonds. The molecule has 0 radical (unpaired) electrons. The van der Waals surface area contributed by atoms with Crippen molar-refractivity contribution in [2.45, 2.75) is 54.9 Å². The van der Waals surface area contributed by atoms with Crippen molar-refractivity contribution in [3.05, 3.63) is 33.6 Å². The van der Waals surface area contributed by atoms with E-state index in [4.69, 9.17) is 0 Å². The lowest BCUT2D eigenvalue weighted by atomic mass is 9.91. The van der Waals surface area contributed by atoms with E-state index in [1.807, 2.05) is 0 Å². The molecule has 0 atom stereocenters. The molecule has 0 spiro atoms. The quantitative estimate of drug-likeness (QED) is 0.771. The summed E-state index contributed by atoms with van der Waals surface area (Å²) in [4.78, 5) is 3.62. The van der Waals surface area contributed by atoms with Crippen LogP contribution < -0.4 is 0 Å². The van der Waals surface area contributed by atoms with Gasteiger partial charge in [-0.05, 0) is 69.2 Å². The highest BCUT2D eigenvalue weighted by Gasteiger charge is 2.16. The number of aromatic amines is 1. The van der Waals surface area contributed by atoms with E-state index < -0.39 is 0 Å². The van der Waals surface area contributed by atoms with Crippen molar-refractivity contribution < 1.29 is 0 Å². The van der Waals surface area contributed by atoms with Crippen molar-refractivity contribution in [3.63, 3.8) is 0 Å². The standard InChI is InChI=1S/C17H25N/c1-9(2)8-15-17-13(6)11(4)10(3)12(5)16(17)14(7)18-15/h9,18H,8H2,1-7H3. The second-order valence-corrected chi connectivity index (χ2v) is 6.08. The van der Waals surface area contributed by atoms with Crippen LogP contribution in [0.4, 0.5) is 0 Å². The van der Waals surface area contributed by atoms with Gasteiger partial charge in [0.1, 0.15) is 0 Å². The molecule has 1 nitrogen and oxygen atoms in total. The van der Waals surface area contributed by atoms with Crippen molar-refractivity contribution in [3.8, 4) is 0 Å². The van der Waals surface area contributed by atoms with Crippen LogP contribution in [0.1, 0.15) is 47.5 Å². The Morgan fingerprint density at radius 1 is 0.778 bits per heavy atom. The predicted octanol–water partition coefficient (Wildman–Crippen LogP) is 4.91. The molecule has 2 aromatic rings. The van der Waals surface area contributed by atoms with Gasteiger partial charge in [-0.2, -0.15) is 0 Å². The van der Waals surface area contributed by atoms with E-state index in [1.165, 1.54) is 44.4 Å². The van der Waals surface area contributed by atoms with Crippen LogP contribution in [0.15, 0.2) is 0 Å². The van der Waals surface area contributed by atoms with Gasteiger partial charge in [0, 0.05) is 22.2 Å². The molecule has 98 valence electrons. The normalized spacial score (nSPS) is 11.8. The fourth-order valence-corrected chi connectivity index (χ4v) is 3.07. The molecule has 0 saturated carbocycles. The fraction of sp³-hybridized carbons (Fsp3) is 0.529. The SMILES string of the molecule is Cc1c(C)c(C)c2c(CC(C)C)[nH]c(C)c2c1C. The van der Waals surface area contributed by atoms with Gasteiger partial charge in [0.2, 0.25) is 0 Å². The Morgan fingerprint density at radius 2 is 1.28 bits per heavy atom. The van der Waals surface area contributed by atoms with E-state index in [0.29, 0.717) is 5.92 Å². The van der Waals surface area contributed by atoms with Gasteiger partial charge >= 0.3 is 0 Å². The lowest BCUT2D eigenvalue weighted by molar-refractivity contribution is 0.639. The summed E-state index contributed by atoms with van der Waals surface area (Å²) in [5.74, 6) is 0.688. The Morgan fingerprint density at radius 3 is 1.78 bits per heavy atom. The molecular formula is C17H25N. The van der Waals surface area contributed by atoms with E-state index in [-0.39, 0.29) is 0 Å². The number of rotatable bonds is 2. The summed E-state index contributed by atoms with van der Waals surface area (Å²) in [6.45, 7) is 15.8. The lowest BCUT2D eigenvalue weighted by Gasteiger charge is -2.13. The van der Waals surface area contributed by atoms with Gasteiger partial charge in [0.05, 0.1) is 0 Å². The molecule has 0 saturated heterocycles. The Hall–Kier alpha value is -1.24. The van der Waals surface area contributed by atoms with E-state index in [9.17, 15) is 0 Å². The number of nitrogens with one attached hydrogen (secondary N) is 1. The summed E-state index contributed by atoms with van der Waals surface area (Å²) in [5.41, 5.74) is 8.53.